The zero-order valence-electron chi connectivity index (χ0n) is 14.6. The predicted molar refractivity (Wildman–Crippen MR) is 100 cm³/mol. The first-order valence-corrected chi connectivity index (χ1v) is 8.44. The lowest BCUT2D eigenvalue weighted by atomic mass is 10.2. The summed E-state index contributed by atoms with van der Waals surface area (Å²) in [6.45, 7) is 1.67. The van der Waals surface area contributed by atoms with Crippen LogP contribution in [0.25, 0.3) is 0 Å². The number of furan rings is 1. The third-order valence-corrected chi connectivity index (χ3v) is 4.04. The molecule has 9 heteroatoms. The average molecular weight is 405 g/mol. The number of amides is 1. The van der Waals surface area contributed by atoms with Gasteiger partial charge >= 0.3 is 0 Å². The number of anilines is 1. The quantitative estimate of drug-likeness (QED) is 0.454. The Balaban J connectivity index is 1.68. The SMILES string of the molecule is Cc1ccc(NC(=O)c2ccc(COc3ccc(F)cc3Cl)o2)c([N+](=O)[O-])c1. The number of benzene rings is 2. The lowest BCUT2D eigenvalue weighted by molar-refractivity contribution is -0.384. The van der Waals surface area contributed by atoms with Crippen molar-refractivity contribution in [1.82, 2.24) is 0 Å². The third kappa shape index (κ3) is 4.47. The van der Waals surface area contributed by atoms with E-state index < -0.39 is 16.6 Å². The predicted octanol–water partition coefficient (Wildman–Crippen LogP) is 5.12. The van der Waals surface area contributed by atoms with Gasteiger partial charge in [0.15, 0.2) is 5.76 Å². The monoisotopic (exact) mass is 404 g/mol. The Morgan fingerprint density at radius 2 is 2.04 bits per heavy atom. The smallest absolute Gasteiger partial charge is 0.293 e. The van der Waals surface area contributed by atoms with Gasteiger partial charge < -0.3 is 14.5 Å². The fourth-order valence-corrected chi connectivity index (χ4v) is 2.62. The molecule has 0 aliphatic rings. The molecule has 3 rings (SSSR count). The maximum atomic E-state index is 13.0. The van der Waals surface area contributed by atoms with E-state index in [-0.39, 0.29) is 34.5 Å². The van der Waals surface area contributed by atoms with E-state index in [1.165, 1.54) is 36.4 Å². The fourth-order valence-electron chi connectivity index (χ4n) is 2.40. The Morgan fingerprint density at radius 1 is 1.25 bits per heavy atom. The van der Waals surface area contributed by atoms with Gasteiger partial charge in [-0.05, 0) is 48.9 Å². The summed E-state index contributed by atoms with van der Waals surface area (Å²) in [6, 6.07) is 11.1. The van der Waals surface area contributed by atoms with Crippen LogP contribution in [0.5, 0.6) is 5.75 Å². The number of nitro benzene ring substituents is 1. The first-order valence-electron chi connectivity index (χ1n) is 8.06. The summed E-state index contributed by atoms with van der Waals surface area (Å²) < 4.78 is 23.9. The molecule has 0 unspecified atom stereocenters. The Kier molecular flexibility index (Phi) is 5.60. The summed E-state index contributed by atoms with van der Waals surface area (Å²) in [5.41, 5.74) is 0.545. The summed E-state index contributed by atoms with van der Waals surface area (Å²) in [4.78, 5) is 22.9. The number of hydrogen-bond donors (Lipinski definition) is 1. The number of ether oxygens (including phenoxy) is 1. The minimum atomic E-state index is -0.641. The van der Waals surface area contributed by atoms with Gasteiger partial charge in [0.2, 0.25) is 0 Å². The molecular weight excluding hydrogens is 391 g/mol. The number of carbonyl (C=O) groups excluding carboxylic acids is 1. The molecule has 0 aliphatic heterocycles. The van der Waals surface area contributed by atoms with Crippen molar-refractivity contribution < 1.29 is 23.3 Å². The molecule has 144 valence electrons. The zero-order valence-corrected chi connectivity index (χ0v) is 15.3. The van der Waals surface area contributed by atoms with Crippen molar-refractivity contribution in [2.45, 2.75) is 13.5 Å². The maximum Gasteiger partial charge on any atom is 0.293 e. The first kappa shape index (κ1) is 19.4. The number of carbonyl (C=O) groups is 1. The molecule has 1 N–H and O–H groups in total. The Labute approximate surface area is 163 Å². The minimum Gasteiger partial charge on any atom is -0.484 e. The Bertz CT molecular complexity index is 1050. The number of halogens is 2. The van der Waals surface area contributed by atoms with Crippen molar-refractivity contribution in [3.63, 3.8) is 0 Å². The van der Waals surface area contributed by atoms with Gasteiger partial charge in [-0.1, -0.05) is 17.7 Å². The van der Waals surface area contributed by atoms with E-state index in [4.69, 9.17) is 20.8 Å². The number of rotatable bonds is 6. The molecule has 1 heterocycles. The van der Waals surface area contributed by atoms with Crippen LogP contribution in [0.1, 0.15) is 21.9 Å². The van der Waals surface area contributed by atoms with Crippen molar-refractivity contribution in [2.75, 3.05) is 5.32 Å². The second-order valence-corrected chi connectivity index (χ2v) is 6.27. The van der Waals surface area contributed by atoms with Gasteiger partial charge in [-0.3, -0.25) is 14.9 Å². The van der Waals surface area contributed by atoms with E-state index in [9.17, 15) is 19.3 Å². The van der Waals surface area contributed by atoms with Crippen LogP contribution in [0.4, 0.5) is 15.8 Å². The highest BCUT2D eigenvalue weighted by Gasteiger charge is 2.19. The molecule has 0 saturated heterocycles. The molecule has 0 saturated carbocycles. The van der Waals surface area contributed by atoms with Crippen LogP contribution in [0.3, 0.4) is 0 Å². The number of nitro groups is 1. The van der Waals surface area contributed by atoms with Crippen LogP contribution in [0.15, 0.2) is 52.9 Å². The molecule has 1 amide bonds. The highest BCUT2D eigenvalue weighted by molar-refractivity contribution is 6.32. The average Bonchev–Trinajstić information content (AvgIpc) is 3.11. The van der Waals surface area contributed by atoms with Crippen LogP contribution >= 0.6 is 11.6 Å². The van der Waals surface area contributed by atoms with Gasteiger partial charge in [0, 0.05) is 6.07 Å². The summed E-state index contributed by atoms with van der Waals surface area (Å²) in [5.74, 6) is -0.583. The van der Waals surface area contributed by atoms with Gasteiger partial charge in [0.05, 0.1) is 9.95 Å². The normalized spacial score (nSPS) is 10.5. The minimum absolute atomic E-state index is 0.0384. The van der Waals surface area contributed by atoms with Crippen LogP contribution in [-0.2, 0) is 6.61 Å². The van der Waals surface area contributed by atoms with Gasteiger partial charge in [-0.25, -0.2) is 4.39 Å². The third-order valence-electron chi connectivity index (χ3n) is 3.75. The van der Waals surface area contributed by atoms with Crippen molar-refractivity contribution in [3.05, 3.63) is 86.6 Å². The van der Waals surface area contributed by atoms with Crippen molar-refractivity contribution in [1.29, 1.82) is 0 Å². The molecule has 0 fully saturated rings. The van der Waals surface area contributed by atoms with Crippen LogP contribution in [0, 0.1) is 22.9 Å². The second kappa shape index (κ2) is 8.10. The van der Waals surface area contributed by atoms with E-state index in [0.29, 0.717) is 11.3 Å². The fraction of sp³-hybridized carbons (Fsp3) is 0.105. The number of nitrogens with zero attached hydrogens (tertiary/aromatic N) is 1. The Hall–Kier alpha value is -3.39. The molecule has 0 aliphatic carbocycles. The van der Waals surface area contributed by atoms with Crippen LogP contribution in [-0.4, -0.2) is 10.8 Å². The van der Waals surface area contributed by atoms with Crippen LogP contribution in [0.2, 0.25) is 5.02 Å². The lowest BCUT2D eigenvalue weighted by Gasteiger charge is -2.06. The van der Waals surface area contributed by atoms with E-state index in [1.54, 1.807) is 13.0 Å². The molecule has 2 aromatic carbocycles. The second-order valence-electron chi connectivity index (χ2n) is 5.86. The molecule has 1 aromatic heterocycles. The molecule has 7 nitrogen and oxygen atoms in total. The van der Waals surface area contributed by atoms with Gasteiger partial charge in [0.25, 0.3) is 11.6 Å². The Morgan fingerprint density at radius 3 is 2.75 bits per heavy atom. The van der Waals surface area contributed by atoms with E-state index in [0.717, 1.165) is 6.07 Å². The van der Waals surface area contributed by atoms with E-state index in [2.05, 4.69) is 5.32 Å². The highest BCUT2D eigenvalue weighted by atomic mass is 35.5. The lowest BCUT2D eigenvalue weighted by Crippen LogP contribution is -2.12. The van der Waals surface area contributed by atoms with Crippen LogP contribution < -0.4 is 10.1 Å². The molecule has 0 spiro atoms. The molecule has 3 aromatic rings. The van der Waals surface area contributed by atoms with Gasteiger partial charge in [-0.15, -0.1) is 0 Å². The summed E-state index contributed by atoms with van der Waals surface area (Å²) in [6.07, 6.45) is 0. The molecule has 0 bridgehead atoms. The summed E-state index contributed by atoms with van der Waals surface area (Å²) in [5, 5.41) is 13.7. The molecule has 28 heavy (non-hydrogen) atoms. The largest absolute Gasteiger partial charge is 0.484 e. The zero-order chi connectivity index (χ0) is 20.3. The summed E-state index contributed by atoms with van der Waals surface area (Å²) >= 11 is 5.88. The van der Waals surface area contributed by atoms with Crippen molar-refractivity contribution in [3.8, 4) is 5.75 Å². The first-order chi connectivity index (χ1) is 13.3. The van der Waals surface area contributed by atoms with E-state index in [1.807, 2.05) is 0 Å². The van der Waals surface area contributed by atoms with Gasteiger partial charge in [0.1, 0.15) is 29.6 Å². The standard InChI is InChI=1S/C19H14ClFN2O5/c1-11-2-5-15(16(8-11)23(25)26)22-19(24)18-7-4-13(28-18)10-27-17-6-3-12(21)9-14(17)20/h2-9H,10H2,1H3,(H,22,24). The molecule has 0 atom stereocenters. The maximum absolute atomic E-state index is 13.0. The number of hydrogen-bond acceptors (Lipinski definition) is 5. The van der Waals surface area contributed by atoms with Crippen molar-refractivity contribution in [2.24, 2.45) is 0 Å². The molecular formula is C19H14ClFN2O5. The van der Waals surface area contributed by atoms with Gasteiger partial charge in [-0.2, -0.15) is 0 Å². The van der Waals surface area contributed by atoms with Crippen molar-refractivity contribution >= 4 is 28.9 Å². The highest BCUT2D eigenvalue weighted by Crippen LogP contribution is 2.27. The number of nitrogens with one attached hydrogen (secondary N) is 1. The topological polar surface area (TPSA) is 94.6 Å². The van der Waals surface area contributed by atoms with E-state index >= 15 is 0 Å². The number of aryl methyl sites for hydroxylation is 1. The molecule has 0 radical (unpaired) electrons. The summed E-state index contributed by atoms with van der Waals surface area (Å²) in [7, 11) is 0.